The van der Waals surface area contributed by atoms with E-state index in [9.17, 15) is 4.79 Å². The van der Waals surface area contributed by atoms with Gasteiger partial charge in [0.2, 0.25) is 0 Å². The van der Waals surface area contributed by atoms with Crippen LogP contribution in [0.3, 0.4) is 0 Å². The van der Waals surface area contributed by atoms with Crippen LogP contribution in [-0.4, -0.2) is 5.78 Å². The number of nitrogens with zero attached hydrogens (tertiary/aromatic N) is 1. The Morgan fingerprint density at radius 3 is 1.90 bits per heavy atom. The minimum atomic E-state index is 0.213. The van der Waals surface area contributed by atoms with Crippen LogP contribution in [0.5, 0.6) is 0 Å². The summed E-state index contributed by atoms with van der Waals surface area (Å²) in [5, 5.41) is 7.51. The molecular weight excluding hydrogens is 126 g/mol. The van der Waals surface area contributed by atoms with Crippen LogP contribution in [0.1, 0.15) is 20.8 Å². The quantitative estimate of drug-likeness (QED) is 0.521. The summed E-state index contributed by atoms with van der Waals surface area (Å²) >= 11 is 0. The third-order valence-corrected chi connectivity index (χ3v) is 0.904. The topological polar surface area (TPSA) is 40.9 Å². The number of nitriles is 1. The summed E-state index contributed by atoms with van der Waals surface area (Å²) in [5.74, 6) is 0.472. The van der Waals surface area contributed by atoms with Gasteiger partial charge in [-0.3, -0.25) is 4.79 Å². The second-order valence-corrected chi connectivity index (χ2v) is 2.10. The van der Waals surface area contributed by atoms with Crippen molar-refractivity contribution in [3.63, 3.8) is 0 Å². The Balaban J connectivity index is 0. The summed E-state index contributed by atoms with van der Waals surface area (Å²) in [6, 6.07) is 1.69. The van der Waals surface area contributed by atoms with Gasteiger partial charge in [-0.15, -0.1) is 0 Å². The molecule has 0 amide bonds. The predicted molar refractivity (Wildman–Crippen MR) is 41.3 cm³/mol. The number of carbonyl (C=O) groups excluding carboxylic acids is 1. The molecule has 0 N–H and O–H groups in total. The maximum atomic E-state index is 10.1. The molecule has 0 saturated carbocycles. The van der Waals surface area contributed by atoms with Gasteiger partial charge in [0, 0.05) is 12.0 Å². The number of carbonyl (C=O) groups is 1. The van der Waals surface area contributed by atoms with Gasteiger partial charge in [-0.1, -0.05) is 20.4 Å². The highest BCUT2D eigenvalue weighted by Crippen LogP contribution is 1.89. The Kier molecular flexibility index (Phi) is 9.22. The van der Waals surface area contributed by atoms with E-state index < -0.39 is 0 Å². The highest BCUT2D eigenvalue weighted by atomic mass is 16.1. The average molecular weight is 139 g/mol. The number of allylic oxidation sites excluding steroid dienone is 1. The van der Waals surface area contributed by atoms with E-state index in [4.69, 9.17) is 5.26 Å². The molecule has 0 aromatic heterocycles. The minimum Gasteiger partial charge on any atom is -0.300 e. The van der Waals surface area contributed by atoms with E-state index in [1.165, 1.54) is 6.08 Å². The smallest absolute Gasteiger partial charge is 0.132 e. The first-order valence-electron chi connectivity index (χ1n) is 3.07. The van der Waals surface area contributed by atoms with Gasteiger partial charge in [-0.05, 0) is 6.92 Å². The summed E-state index contributed by atoms with van der Waals surface area (Å²) in [4.78, 5) is 10.1. The lowest BCUT2D eigenvalue weighted by molar-refractivity contribution is -0.119. The SMILES string of the molecule is C=CC#N.CC(=O)C(C)C. The molecule has 0 atom stereocenters. The molecule has 10 heavy (non-hydrogen) atoms. The second kappa shape index (κ2) is 7.90. The summed E-state index contributed by atoms with van der Waals surface area (Å²) in [6.07, 6.45) is 1.18. The third kappa shape index (κ3) is 15.8. The fourth-order valence-electron chi connectivity index (χ4n) is 0. The lowest BCUT2D eigenvalue weighted by Crippen LogP contribution is -1.98. The van der Waals surface area contributed by atoms with Crippen molar-refractivity contribution in [2.24, 2.45) is 5.92 Å². The first-order chi connectivity index (χ1) is 4.56. The predicted octanol–water partition coefficient (Wildman–Crippen LogP) is 1.93. The van der Waals surface area contributed by atoms with Crippen molar-refractivity contribution in [3.05, 3.63) is 12.7 Å². The number of hydrogen-bond donors (Lipinski definition) is 0. The van der Waals surface area contributed by atoms with Crippen molar-refractivity contribution >= 4 is 5.78 Å². The lowest BCUT2D eigenvalue weighted by atomic mass is 10.1. The van der Waals surface area contributed by atoms with Crippen LogP contribution < -0.4 is 0 Å². The van der Waals surface area contributed by atoms with Crippen LogP contribution >= 0.6 is 0 Å². The van der Waals surface area contributed by atoms with Gasteiger partial charge in [0.25, 0.3) is 0 Å². The molecule has 0 aliphatic heterocycles. The molecule has 2 nitrogen and oxygen atoms in total. The Morgan fingerprint density at radius 1 is 1.70 bits per heavy atom. The van der Waals surface area contributed by atoms with Gasteiger partial charge in [0.15, 0.2) is 0 Å². The molecule has 56 valence electrons. The van der Waals surface area contributed by atoms with Gasteiger partial charge >= 0.3 is 0 Å². The molecule has 0 spiro atoms. The zero-order chi connectivity index (χ0) is 8.57. The van der Waals surface area contributed by atoms with E-state index in [0.29, 0.717) is 0 Å². The van der Waals surface area contributed by atoms with Crippen molar-refractivity contribution in [1.82, 2.24) is 0 Å². The normalized spacial score (nSPS) is 7.10. The summed E-state index contributed by atoms with van der Waals surface area (Å²) in [6.45, 7) is 8.50. The third-order valence-electron chi connectivity index (χ3n) is 0.904. The zero-order valence-electron chi connectivity index (χ0n) is 6.72. The molecule has 0 fully saturated rings. The molecular formula is C8H13NO. The van der Waals surface area contributed by atoms with Crippen molar-refractivity contribution < 1.29 is 4.79 Å². The van der Waals surface area contributed by atoms with Gasteiger partial charge in [-0.2, -0.15) is 5.26 Å². The molecule has 0 bridgehead atoms. The van der Waals surface area contributed by atoms with Crippen LogP contribution in [0, 0.1) is 17.2 Å². The van der Waals surface area contributed by atoms with Crippen LogP contribution in [0.2, 0.25) is 0 Å². The van der Waals surface area contributed by atoms with Crippen LogP contribution in [0.15, 0.2) is 12.7 Å². The highest BCUT2D eigenvalue weighted by molar-refractivity contribution is 5.77. The Labute approximate surface area is 62.2 Å². The van der Waals surface area contributed by atoms with E-state index in [0.717, 1.165) is 0 Å². The van der Waals surface area contributed by atoms with E-state index >= 15 is 0 Å². The van der Waals surface area contributed by atoms with Crippen molar-refractivity contribution in [3.8, 4) is 6.07 Å². The molecule has 0 aromatic rings. The van der Waals surface area contributed by atoms with E-state index in [-0.39, 0.29) is 11.7 Å². The Morgan fingerprint density at radius 2 is 1.90 bits per heavy atom. The molecule has 0 rings (SSSR count). The van der Waals surface area contributed by atoms with Gasteiger partial charge in [-0.25, -0.2) is 0 Å². The molecule has 0 aromatic carbocycles. The summed E-state index contributed by atoms with van der Waals surface area (Å²) < 4.78 is 0. The molecule has 0 aliphatic carbocycles. The fraction of sp³-hybridized carbons (Fsp3) is 0.500. The molecule has 0 saturated heterocycles. The van der Waals surface area contributed by atoms with Crippen LogP contribution in [-0.2, 0) is 4.79 Å². The first kappa shape index (κ1) is 11.7. The number of hydrogen-bond acceptors (Lipinski definition) is 2. The average Bonchev–Trinajstić information content (AvgIpc) is 1.89. The second-order valence-electron chi connectivity index (χ2n) is 2.10. The monoisotopic (exact) mass is 139 g/mol. The Hall–Kier alpha value is -1.10. The number of ketones is 1. The fourth-order valence-corrected chi connectivity index (χ4v) is 0. The van der Waals surface area contributed by atoms with Gasteiger partial charge in [0.05, 0.1) is 6.07 Å². The molecule has 0 aliphatic rings. The van der Waals surface area contributed by atoms with Crippen LogP contribution in [0.25, 0.3) is 0 Å². The van der Waals surface area contributed by atoms with Crippen molar-refractivity contribution in [2.45, 2.75) is 20.8 Å². The highest BCUT2D eigenvalue weighted by Gasteiger charge is 1.94. The standard InChI is InChI=1S/C5H10O.C3H3N/c1-4(2)5(3)6;1-2-3-4/h4H,1-3H3;2H,1H2. The maximum absolute atomic E-state index is 10.1. The summed E-state index contributed by atoms with van der Waals surface area (Å²) in [7, 11) is 0. The molecule has 2 heteroatoms. The van der Waals surface area contributed by atoms with Crippen molar-refractivity contribution in [2.75, 3.05) is 0 Å². The van der Waals surface area contributed by atoms with Crippen LogP contribution in [0.4, 0.5) is 0 Å². The lowest BCUT2D eigenvalue weighted by Gasteiger charge is -1.90. The number of Topliss-reactive ketones (excluding diaryl/α,β-unsaturated/α-hetero) is 1. The Bertz CT molecular complexity index is 142. The van der Waals surface area contributed by atoms with Gasteiger partial charge < -0.3 is 0 Å². The minimum absolute atomic E-state index is 0.213. The van der Waals surface area contributed by atoms with Crippen molar-refractivity contribution in [1.29, 1.82) is 5.26 Å². The largest absolute Gasteiger partial charge is 0.300 e. The maximum Gasteiger partial charge on any atom is 0.132 e. The van der Waals surface area contributed by atoms with Gasteiger partial charge in [0.1, 0.15) is 5.78 Å². The molecule has 0 heterocycles. The first-order valence-corrected chi connectivity index (χ1v) is 3.07. The molecule has 0 radical (unpaired) electrons. The zero-order valence-corrected chi connectivity index (χ0v) is 6.72. The molecule has 0 unspecified atom stereocenters. The van der Waals surface area contributed by atoms with E-state index in [2.05, 4.69) is 6.58 Å². The van der Waals surface area contributed by atoms with E-state index in [1.807, 2.05) is 13.8 Å². The number of rotatable bonds is 1. The van der Waals surface area contributed by atoms with E-state index in [1.54, 1.807) is 13.0 Å². The summed E-state index contributed by atoms with van der Waals surface area (Å²) in [5.41, 5.74) is 0.